The standard InChI is InChI=1S/C11H19N5O2/c1-4-11(3,9(12)16-18)10(17)15-7(2)8-13-5-6-14-8/h5-7,18H,4H2,1-3H3,(H2,12,16)(H,13,14)(H,15,17). The van der Waals surface area contributed by atoms with Gasteiger partial charge in [0.1, 0.15) is 11.2 Å². The molecular formula is C11H19N5O2. The molecule has 1 aromatic heterocycles. The van der Waals surface area contributed by atoms with Crippen molar-refractivity contribution >= 4 is 11.7 Å². The van der Waals surface area contributed by atoms with Crippen molar-refractivity contribution in [3.8, 4) is 0 Å². The summed E-state index contributed by atoms with van der Waals surface area (Å²) in [5.74, 6) is 0.250. The maximum absolute atomic E-state index is 12.2. The number of H-pyrrole nitrogens is 1. The van der Waals surface area contributed by atoms with E-state index in [2.05, 4.69) is 20.4 Å². The number of amidine groups is 1. The first kappa shape index (κ1) is 14.0. The number of carbonyl (C=O) groups is 1. The quantitative estimate of drug-likeness (QED) is 0.268. The highest BCUT2D eigenvalue weighted by Gasteiger charge is 2.37. The van der Waals surface area contributed by atoms with Crippen LogP contribution in [0.15, 0.2) is 17.5 Å². The molecule has 100 valence electrons. The zero-order valence-corrected chi connectivity index (χ0v) is 10.8. The summed E-state index contributed by atoms with van der Waals surface area (Å²) in [6.07, 6.45) is 3.72. The summed E-state index contributed by atoms with van der Waals surface area (Å²) in [6.45, 7) is 5.24. The highest BCUT2D eigenvalue weighted by molar-refractivity contribution is 6.06. The SMILES string of the molecule is CCC(C)(C(=O)NC(C)c1ncc[nH]1)/C(N)=N/O. The molecule has 0 bridgehead atoms. The lowest BCUT2D eigenvalue weighted by Gasteiger charge is -2.26. The van der Waals surface area contributed by atoms with Crippen LogP contribution >= 0.6 is 0 Å². The van der Waals surface area contributed by atoms with Crippen LogP contribution in [0.25, 0.3) is 0 Å². The first-order chi connectivity index (χ1) is 8.45. The summed E-state index contributed by atoms with van der Waals surface area (Å²) < 4.78 is 0. The van der Waals surface area contributed by atoms with Crippen molar-refractivity contribution in [2.24, 2.45) is 16.3 Å². The molecule has 0 aliphatic carbocycles. The molecule has 0 fully saturated rings. The number of oxime groups is 1. The van der Waals surface area contributed by atoms with Crippen LogP contribution in [0.2, 0.25) is 0 Å². The second-order valence-electron chi connectivity index (χ2n) is 4.34. The molecule has 0 aliphatic heterocycles. The Morgan fingerprint density at radius 2 is 2.44 bits per heavy atom. The van der Waals surface area contributed by atoms with E-state index in [1.54, 1.807) is 33.2 Å². The predicted octanol–water partition coefficient (Wildman–Crippen LogP) is 0.750. The van der Waals surface area contributed by atoms with E-state index in [1.165, 1.54) is 0 Å². The summed E-state index contributed by atoms with van der Waals surface area (Å²) >= 11 is 0. The average Bonchev–Trinajstić information content (AvgIpc) is 2.90. The van der Waals surface area contributed by atoms with Crippen LogP contribution in [-0.2, 0) is 4.79 Å². The number of nitrogens with two attached hydrogens (primary N) is 1. The van der Waals surface area contributed by atoms with Crippen LogP contribution in [-0.4, -0.2) is 26.9 Å². The van der Waals surface area contributed by atoms with Gasteiger partial charge in [0.15, 0.2) is 5.84 Å². The topological polar surface area (TPSA) is 116 Å². The van der Waals surface area contributed by atoms with Gasteiger partial charge < -0.3 is 21.2 Å². The van der Waals surface area contributed by atoms with Crippen LogP contribution in [0.3, 0.4) is 0 Å². The Hall–Kier alpha value is -2.05. The lowest BCUT2D eigenvalue weighted by Crippen LogP contribution is -2.48. The van der Waals surface area contributed by atoms with Crippen LogP contribution < -0.4 is 11.1 Å². The number of carbonyl (C=O) groups excluding carboxylic acids is 1. The molecule has 0 saturated heterocycles. The van der Waals surface area contributed by atoms with E-state index in [4.69, 9.17) is 10.9 Å². The lowest BCUT2D eigenvalue weighted by molar-refractivity contribution is -0.127. The van der Waals surface area contributed by atoms with E-state index < -0.39 is 5.41 Å². The molecule has 0 spiro atoms. The second-order valence-corrected chi connectivity index (χ2v) is 4.34. The van der Waals surface area contributed by atoms with E-state index in [0.29, 0.717) is 12.2 Å². The molecule has 5 N–H and O–H groups in total. The molecular weight excluding hydrogens is 234 g/mol. The van der Waals surface area contributed by atoms with E-state index in [9.17, 15) is 4.79 Å². The van der Waals surface area contributed by atoms with Crippen LogP contribution in [0, 0.1) is 5.41 Å². The van der Waals surface area contributed by atoms with Crippen LogP contribution in [0.1, 0.15) is 39.1 Å². The molecule has 2 atom stereocenters. The number of aromatic nitrogens is 2. The predicted molar refractivity (Wildman–Crippen MR) is 67.0 cm³/mol. The monoisotopic (exact) mass is 253 g/mol. The van der Waals surface area contributed by atoms with Gasteiger partial charge in [0.25, 0.3) is 0 Å². The molecule has 0 aliphatic rings. The Morgan fingerprint density at radius 3 is 2.89 bits per heavy atom. The fraction of sp³-hybridized carbons (Fsp3) is 0.545. The van der Waals surface area contributed by atoms with Crippen molar-refractivity contribution in [1.82, 2.24) is 15.3 Å². The molecule has 0 radical (unpaired) electrons. The highest BCUT2D eigenvalue weighted by Crippen LogP contribution is 2.23. The van der Waals surface area contributed by atoms with Crippen molar-refractivity contribution in [3.05, 3.63) is 18.2 Å². The Labute approximate surface area is 105 Å². The molecule has 1 amide bonds. The summed E-state index contributed by atoms with van der Waals surface area (Å²) in [5.41, 5.74) is 4.54. The summed E-state index contributed by atoms with van der Waals surface area (Å²) in [5, 5.41) is 14.5. The van der Waals surface area contributed by atoms with Gasteiger partial charge in [-0.25, -0.2) is 4.98 Å². The van der Waals surface area contributed by atoms with Crippen molar-refractivity contribution in [1.29, 1.82) is 0 Å². The number of nitrogens with one attached hydrogen (secondary N) is 2. The summed E-state index contributed by atoms with van der Waals surface area (Å²) in [7, 11) is 0. The third kappa shape index (κ3) is 2.61. The number of nitrogens with zero attached hydrogens (tertiary/aromatic N) is 2. The molecule has 1 aromatic rings. The first-order valence-electron chi connectivity index (χ1n) is 5.74. The summed E-state index contributed by atoms with van der Waals surface area (Å²) in [4.78, 5) is 19.2. The number of rotatable bonds is 5. The van der Waals surface area contributed by atoms with Gasteiger partial charge in [0.05, 0.1) is 6.04 Å². The third-order valence-electron chi connectivity index (χ3n) is 3.16. The summed E-state index contributed by atoms with van der Waals surface area (Å²) in [6, 6.07) is -0.273. The fourth-order valence-electron chi connectivity index (χ4n) is 1.51. The zero-order valence-electron chi connectivity index (χ0n) is 10.8. The van der Waals surface area contributed by atoms with Crippen molar-refractivity contribution in [2.45, 2.75) is 33.2 Å². The Kier molecular flexibility index (Phi) is 4.30. The minimum Gasteiger partial charge on any atom is -0.409 e. The van der Waals surface area contributed by atoms with Gasteiger partial charge in [-0.3, -0.25) is 4.79 Å². The normalized spacial score (nSPS) is 16.9. The highest BCUT2D eigenvalue weighted by atomic mass is 16.4. The van der Waals surface area contributed by atoms with Crippen LogP contribution in [0.4, 0.5) is 0 Å². The van der Waals surface area contributed by atoms with Crippen LogP contribution in [0.5, 0.6) is 0 Å². The minimum absolute atomic E-state index is 0.103. The first-order valence-corrected chi connectivity index (χ1v) is 5.74. The van der Waals surface area contributed by atoms with Crippen molar-refractivity contribution in [2.75, 3.05) is 0 Å². The molecule has 0 aromatic carbocycles. The molecule has 7 heteroatoms. The van der Waals surface area contributed by atoms with Crippen molar-refractivity contribution < 1.29 is 10.0 Å². The molecule has 7 nitrogen and oxygen atoms in total. The van der Waals surface area contributed by atoms with Gasteiger partial charge in [-0.15, -0.1) is 0 Å². The van der Waals surface area contributed by atoms with E-state index in [-0.39, 0.29) is 17.8 Å². The van der Waals surface area contributed by atoms with Gasteiger partial charge in [0.2, 0.25) is 5.91 Å². The molecule has 1 rings (SSSR count). The Balaban J connectivity index is 2.81. The fourth-order valence-corrected chi connectivity index (χ4v) is 1.51. The minimum atomic E-state index is -1.03. The van der Waals surface area contributed by atoms with Crippen molar-refractivity contribution in [3.63, 3.8) is 0 Å². The average molecular weight is 253 g/mol. The number of aromatic amines is 1. The zero-order chi connectivity index (χ0) is 13.8. The second kappa shape index (κ2) is 5.52. The molecule has 2 unspecified atom stereocenters. The number of hydrogen-bond donors (Lipinski definition) is 4. The number of imidazole rings is 1. The smallest absolute Gasteiger partial charge is 0.234 e. The number of hydrogen-bond acceptors (Lipinski definition) is 4. The van der Waals surface area contributed by atoms with Gasteiger partial charge in [-0.1, -0.05) is 12.1 Å². The lowest BCUT2D eigenvalue weighted by atomic mass is 9.85. The van der Waals surface area contributed by atoms with Gasteiger partial charge >= 0.3 is 0 Å². The third-order valence-corrected chi connectivity index (χ3v) is 3.16. The van der Waals surface area contributed by atoms with Gasteiger partial charge in [-0.2, -0.15) is 0 Å². The maximum atomic E-state index is 12.2. The van der Waals surface area contributed by atoms with Gasteiger partial charge in [-0.05, 0) is 20.3 Å². The molecule has 1 heterocycles. The maximum Gasteiger partial charge on any atom is 0.234 e. The van der Waals surface area contributed by atoms with E-state index >= 15 is 0 Å². The molecule has 0 saturated carbocycles. The Morgan fingerprint density at radius 1 is 1.78 bits per heavy atom. The largest absolute Gasteiger partial charge is 0.409 e. The Bertz CT molecular complexity index is 429. The van der Waals surface area contributed by atoms with Gasteiger partial charge in [0, 0.05) is 12.4 Å². The van der Waals surface area contributed by atoms with E-state index in [0.717, 1.165) is 0 Å². The number of amides is 1. The van der Waals surface area contributed by atoms with E-state index in [1.807, 2.05) is 0 Å². The molecule has 18 heavy (non-hydrogen) atoms.